The fraction of sp³-hybridized carbons (Fsp3) is 0.200. The van der Waals surface area contributed by atoms with Crippen LogP contribution in [0.2, 0.25) is 0 Å². The summed E-state index contributed by atoms with van der Waals surface area (Å²) < 4.78 is 1.82. The Morgan fingerprint density at radius 2 is 1.76 bits per heavy atom. The molecule has 25 heavy (non-hydrogen) atoms. The summed E-state index contributed by atoms with van der Waals surface area (Å²) >= 11 is 0. The second-order valence-electron chi connectivity index (χ2n) is 5.98. The van der Waals surface area contributed by atoms with E-state index < -0.39 is 12.0 Å². The van der Waals surface area contributed by atoms with Crippen molar-refractivity contribution < 1.29 is 9.90 Å². The molecule has 1 heterocycles. The number of carboxylic acids is 1. The SMILES string of the molecule is Cc1nn(-c2ccccc2)cc1CNC(Cc1ccccc1)C(=O)O. The van der Waals surface area contributed by atoms with Crippen molar-refractivity contribution in [1.82, 2.24) is 15.1 Å². The third-order valence-corrected chi connectivity index (χ3v) is 4.14. The molecule has 128 valence electrons. The molecule has 0 aliphatic heterocycles. The molecular formula is C20H21N3O2. The van der Waals surface area contributed by atoms with E-state index in [-0.39, 0.29) is 0 Å². The van der Waals surface area contributed by atoms with Crippen LogP contribution in [0.5, 0.6) is 0 Å². The van der Waals surface area contributed by atoms with Gasteiger partial charge in [0.25, 0.3) is 0 Å². The maximum Gasteiger partial charge on any atom is 0.321 e. The zero-order valence-electron chi connectivity index (χ0n) is 14.1. The van der Waals surface area contributed by atoms with E-state index in [1.54, 1.807) is 0 Å². The van der Waals surface area contributed by atoms with E-state index in [0.717, 1.165) is 22.5 Å². The van der Waals surface area contributed by atoms with Crippen LogP contribution in [-0.4, -0.2) is 26.9 Å². The van der Waals surface area contributed by atoms with Crippen LogP contribution < -0.4 is 5.32 Å². The summed E-state index contributed by atoms with van der Waals surface area (Å²) in [6, 6.07) is 18.9. The molecule has 0 aliphatic rings. The Morgan fingerprint density at radius 3 is 2.40 bits per heavy atom. The first-order valence-corrected chi connectivity index (χ1v) is 8.24. The van der Waals surface area contributed by atoms with Crippen molar-refractivity contribution in [3.63, 3.8) is 0 Å². The van der Waals surface area contributed by atoms with Gasteiger partial charge in [-0.3, -0.25) is 10.1 Å². The Hall–Kier alpha value is -2.92. The molecule has 0 radical (unpaired) electrons. The van der Waals surface area contributed by atoms with Gasteiger partial charge < -0.3 is 5.11 Å². The Kier molecular flexibility index (Phi) is 5.26. The lowest BCUT2D eigenvalue weighted by Gasteiger charge is -2.14. The number of nitrogens with zero attached hydrogens (tertiary/aromatic N) is 2. The Labute approximate surface area is 146 Å². The first kappa shape index (κ1) is 16.9. The molecule has 3 aromatic rings. The van der Waals surface area contributed by atoms with Gasteiger partial charge in [0.2, 0.25) is 0 Å². The number of aryl methyl sites for hydroxylation is 1. The number of rotatable bonds is 7. The molecule has 0 fully saturated rings. The zero-order valence-corrected chi connectivity index (χ0v) is 14.1. The number of hydrogen-bond donors (Lipinski definition) is 2. The first-order valence-electron chi connectivity index (χ1n) is 8.24. The predicted octanol–water partition coefficient (Wildman–Crippen LogP) is 2.97. The molecule has 0 aliphatic carbocycles. The number of benzene rings is 2. The van der Waals surface area contributed by atoms with Crippen molar-refractivity contribution >= 4 is 5.97 Å². The second kappa shape index (κ2) is 7.77. The highest BCUT2D eigenvalue weighted by molar-refractivity contribution is 5.73. The van der Waals surface area contributed by atoms with E-state index >= 15 is 0 Å². The van der Waals surface area contributed by atoms with Gasteiger partial charge in [0.05, 0.1) is 11.4 Å². The molecule has 0 amide bonds. The van der Waals surface area contributed by atoms with Gasteiger partial charge in [0.15, 0.2) is 0 Å². The average Bonchev–Trinajstić information content (AvgIpc) is 3.01. The molecule has 0 saturated heterocycles. The van der Waals surface area contributed by atoms with Gasteiger partial charge in [-0.25, -0.2) is 4.68 Å². The van der Waals surface area contributed by atoms with Crippen LogP contribution in [0.15, 0.2) is 66.9 Å². The van der Waals surface area contributed by atoms with Gasteiger partial charge in [-0.15, -0.1) is 0 Å². The first-order chi connectivity index (χ1) is 12.1. The van der Waals surface area contributed by atoms with Crippen molar-refractivity contribution in [3.8, 4) is 5.69 Å². The van der Waals surface area contributed by atoms with Crippen molar-refractivity contribution in [2.24, 2.45) is 0 Å². The van der Waals surface area contributed by atoms with Gasteiger partial charge >= 0.3 is 5.97 Å². The zero-order chi connectivity index (χ0) is 17.6. The highest BCUT2D eigenvalue weighted by Gasteiger charge is 2.18. The number of aliphatic carboxylic acids is 1. The summed E-state index contributed by atoms with van der Waals surface area (Å²) in [6.07, 6.45) is 2.39. The van der Waals surface area contributed by atoms with E-state index in [0.29, 0.717) is 13.0 Å². The lowest BCUT2D eigenvalue weighted by atomic mass is 10.1. The van der Waals surface area contributed by atoms with Gasteiger partial charge in [0, 0.05) is 18.3 Å². The van der Waals surface area contributed by atoms with Gasteiger partial charge in [-0.1, -0.05) is 48.5 Å². The quantitative estimate of drug-likeness (QED) is 0.697. The smallest absolute Gasteiger partial charge is 0.321 e. The fourth-order valence-corrected chi connectivity index (χ4v) is 2.71. The topological polar surface area (TPSA) is 67.2 Å². The van der Waals surface area contributed by atoms with Crippen molar-refractivity contribution in [2.45, 2.75) is 25.9 Å². The largest absolute Gasteiger partial charge is 0.480 e. The molecule has 0 bridgehead atoms. The van der Waals surface area contributed by atoms with Crippen LogP contribution in [0.3, 0.4) is 0 Å². The summed E-state index contributed by atoms with van der Waals surface area (Å²) in [5.74, 6) is -0.850. The summed E-state index contributed by atoms with van der Waals surface area (Å²) in [7, 11) is 0. The summed E-state index contributed by atoms with van der Waals surface area (Å²) in [4.78, 5) is 11.6. The third kappa shape index (κ3) is 4.33. The molecular weight excluding hydrogens is 314 g/mol. The third-order valence-electron chi connectivity index (χ3n) is 4.14. The number of carbonyl (C=O) groups is 1. The maximum atomic E-state index is 11.6. The highest BCUT2D eigenvalue weighted by atomic mass is 16.4. The molecule has 0 spiro atoms. The van der Waals surface area contributed by atoms with Crippen LogP contribution in [0, 0.1) is 6.92 Å². The molecule has 1 atom stereocenters. The van der Waals surface area contributed by atoms with E-state index in [1.165, 1.54) is 0 Å². The monoisotopic (exact) mass is 335 g/mol. The van der Waals surface area contributed by atoms with Crippen LogP contribution in [-0.2, 0) is 17.8 Å². The molecule has 1 aromatic heterocycles. The summed E-state index contributed by atoms with van der Waals surface area (Å²) in [5.41, 5.74) is 3.86. The minimum atomic E-state index is -0.850. The van der Waals surface area contributed by atoms with E-state index in [2.05, 4.69) is 10.4 Å². The molecule has 2 aromatic carbocycles. The van der Waals surface area contributed by atoms with E-state index in [9.17, 15) is 9.90 Å². The van der Waals surface area contributed by atoms with Gasteiger partial charge in [0.1, 0.15) is 6.04 Å². The van der Waals surface area contributed by atoms with Crippen LogP contribution >= 0.6 is 0 Å². The fourth-order valence-electron chi connectivity index (χ4n) is 2.71. The second-order valence-corrected chi connectivity index (χ2v) is 5.98. The number of nitrogens with one attached hydrogen (secondary N) is 1. The van der Waals surface area contributed by atoms with E-state index in [4.69, 9.17) is 0 Å². The normalized spacial score (nSPS) is 12.0. The number of hydrogen-bond acceptors (Lipinski definition) is 3. The minimum absolute atomic E-state index is 0.446. The Balaban J connectivity index is 1.69. The van der Waals surface area contributed by atoms with Gasteiger partial charge in [-0.05, 0) is 31.0 Å². The lowest BCUT2D eigenvalue weighted by Crippen LogP contribution is -2.38. The van der Waals surface area contributed by atoms with Crippen LogP contribution in [0.25, 0.3) is 5.69 Å². The standard InChI is InChI=1S/C20H21N3O2/c1-15-17(14-23(22-15)18-10-6-3-7-11-18)13-21-19(20(24)25)12-16-8-4-2-5-9-16/h2-11,14,19,21H,12-13H2,1H3,(H,24,25). The maximum absolute atomic E-state index is 11.6. The van der Waals surface area contributed by atoms with Crippen LogP contribution in [0.1, 0.15) is 16.8 Å². The summed E-state index contributed by atoms with van der Waals surface area (Å²) in [5, 5.41) is 17.1. The molecule has 2 N–H and O–H groups in total. The summed E-state index contributed by atoms with van der Waals surface area (Å²) in [6.45, 7) is 2.39. The molecule has 1 unspecified atom stereocenters. The average molecular weight is 335 g/mol. The predicted molar refractivity (Wildman–Crippen MR) is 96.7 cm³/mol. The van der Waals surface area contributed by atoms with Crippen molar-refractivity contribution in [1.29, 1.82) is 0 Å². The molecule has 5 nitrogen and oxygen atoms in total. The minimum Gasteiger partial charge on any atom is -0.480 e. The lowest BCUT2D eigenvalue weighted by molar-refractivity contribution is -0.139. The van der Waals surface area contributed by atoms with Gasteiger partial charge in [-0.2, -0.15) is 5.10 Å². The Morgan fingerprint density at radius 1 is 1.12 bits per heavy atom. The highest BCUT2D eigenvalue weighted by Crippen LogP contribution is 2.12. The van der Waals surface area contributed by atoms with E-state index in [1.807, 2.05) is 78.5 Å². The van der Waals surface area contributed by atoms with Crippen molar-refractivity contribution in [3.05, 3.63) is 83.7 Å². The molecule has 0 saturated carbocycles. The number of aromatic nitrogens is 2. The Bertz CT molecular complexity index is 829. The van der Waals surface area contributed by atoms with Crippen LogP contribution in [0.4, 0.5) is 0 Å². The van der Waals surface area contributed by atoms with Crippen molar-refractivity contribution in [2.75, 3.05) is 0 Å². The number of carboxylic acid groups (broad SMARTS) is 1. The molecule has 5 heteroatoms. The molecule has 3 rings (SSSR count). The number of para-hydroxylation sites is 1.